The van der Waals surface area contributed by atoms with E-state index in [1.807, 2.05) is 18.2 Å². The first-order chi connectivity index (χ1) is 12.4. The van der Waals surface area contributed by atoms with Crippen molar-refractivity contribution in [2.24, 2.45) is 23.2 Å². The molecule has 1 unspecified atom stereocenters. The smallest absolute Gasteiger partial charge is 0.338 e. The zero-order valence-corrected chi connectivity index (χ0v) is 15.4. The van der Waals surface area contributed by atoms with Crippen molar-refractivity contribution in [3.63, 3.8) is 0 Å². The maximum Gasteiger partial charge on any atom is 0.338 e. The Morgan fingerprint density at radius 3 is 2.65 bits per heavy atom. The zero-order valence-electron chi connectivity index (χ0n) is 15.4. The van der Waals surface area contributed by atoms with Crippen LogP contribution in [0.3, 0.4) is 0 Å². The van der Waals surface area contributed by atoms with Crippen molar-refractivity contribution in [3.8, 4) is 0 Å². The highest BCUT2D eigenvalue weighted by atomic mass is 16.6. The molecule has 0 bridgehead atoms. The first kappa shape index (κ1) is 17.3. The van der Waals surface area contributed by atoms with Crippen molar-refractivity contribution in [1.82, 2.24) is 0 Å². The SMILES string of the molecule is C=C1C(=O)O[C@@H]2C3[C@@H](C)[C@@H](OC(=O)c4ccccc4)CC[C@]3(C)CC[C@@H]12. The lowest BCUT2D eigenvalue weighted by Gasteiger charge is -2.54. The van der Waals surface area contributed by atoms with Crippen molar-refractivity contribution in [2.75, 3.05) is 0 Å². The summed E-state index contributed by atoms with van der Waals surface area (Å²) >= 11 is 0. The molecular weight excluding hydrogens is 328 g/mol. The van der Waals surface area contributed by atoms with Gasteiger partial charge in [0.05, 0.1) is 5.56 Å². The summed E-state index contributed by atoms with van der Waals surface area (Å²) in [6.45, 7) is 8.39. The van der Waals surface area contributed by atoms with Gasteiger partial charge in [-0.15, -0.1) is 0 Å². The molecule has 1 aromatic rings. The van der Waals surface area contributed by atoms with Gasteiger partial charge in [0.1, 0.15) is 12.2 Å². The highest BCUT2D eigenvalue weighted by molar-refractivity contribution is 5.91. The van der Waals surface area contributed by atoms with Gasteiger partial charge in [0, 0.05) is 23.3 Å². The summed E-state index contributed by atoms with van der Waals surface area (Å²) in [4.78, 5) is 24.6. The zero-order chi connectivity index (χ0) is 18.5. The van der Waals surface area contributed by atoms with Gasteiger partial charge in [0.2, 0.25) is 0 Å². The maximum atomic E-state index is 12.5. The van der Waals surface area contributed by atoms with Crippen LogP contribution in [-0.2, 0) is 14.3 Å². The molecule has 0 spiro atoms. The van der Waals surface area contributed by atoms with Crippen LogP contribution in [0.25, 0.3) is 0 Å². The Kier molecular flexibility index (Phi) is 4.17. The van der Waals surface area contributed by atoms with Crippen LogP contribution in [0, 0.1) is 23.2 Å². The van der Waals surface area contributed by atoms with E-state index in [-0.39, 0.29) is 47.3 Å². The number of esters is 2. The van der Waals surface area contributed by atoms with E-state index in [1.165, 1.54) is 0 Å². The molecule has 2 saturated carbocycles. The standard InChI is InChI=1S/C22H26O4/c1-13-16-9-11-22(3)12-10-17(14(2)18(22)19(16)26-20(13)23)25-21(24)15-7-5-4-6-8-15/h4-8,14,16-19H,1,9-12H2,2-3H3/t14-,16-,17-,18?,19-,22-/m0/s1. The second-order valence-corrected chi connectivity index (χ2v) is 8.43. The first-order valence-electron chi connectivity index (χ1n) is 9.56. The Balaban J connectivity index is 1.55. The monoisotopic (exact) mass is 354 g/mol. The van der Waals surface area contributed by atoms with Crippen molar-refractivity contribution < 1.29 is 19.1 Å². The van der Waals surface area contributed by atoms with Crippen molar-refractivity contribution >= 4 is 11.9 Å². The Bertz CT molecular complexity index is 740. The average molecular weight is 354 g/mol. The van der Waals surface area contributed by atoms with E-state index >= 15 is 0 Å². The van der Waals surface area contributed by atoms with Gasteiger partial charge < -0.3 is 9.47 Å². The number of carbonyl (C=O) groups is 2. The van der Waals surface area contributed by atoms with Gasteiger partial charge in [-0.25, -0.2) is 9.59 Å². The van der Waals surface area contributed by atoms with Crippen LogP contribution in [-0.4, -0.2) is 24.1 Å². The van der Waals surface area contributed by atoms with Gasteiger partial charge in [-0.2, -0.15) is 0 Å². The largest absolute Gasteiger partial charge is 0.458 e. The predicted molar refractivity (Wildman–Crippen MR) is 97.4 cm³/mol. The third-order valence-electron chi connectivity index (χ3n) is 6.96. The molecular formula is C22H26O4. The van der Waals surface area contributed by atoms with E-state index in [0.29, 0.717) is 11.1 Å². The average Bonchev–Trinajstić information content (AvgIpc) is 2.92. The number of hydrogen-bond acceptors (Lipinski definition) is 4. The summed E-state index contributed by atoms with van der Waals surface area (Å²) in [7, 11) is 0. The molecule has 1 heterocycles. The number of benzene rings is 1. The Morgan fingerprint density at radius 1 is 1.23 bits per heavy atom. The van der Waals surface area contributed by atoms with Crippen LogP contribution >= 0.6 is 0 Å². The summed E-state index contributed by atoms with van der Waals surface area (Å²) < 4.78 is 11.6. The van der Waals surface area contributed by atoms with Gasteiger partial charge in [-0.3, -0.25) is 0 Å². The number of ether oxygens (including phenoxy) is 2. The van der Waals surface area contributed by atoms with Crippen LogP contribution in [0.5, 0.6) is 0 Å². The van der Waals surface area contributed by atoms with E-state index in [2.05, 4.69) is 20.4 Å². The minimum absolute atomic E-state index is 0.117. The molecule has 26 heavy (non-hydrogen) atoms. The molecule has 0 N–H and O–H groups in total. The fourth-order valence-corrected chi connectivity index (χ4v) is 5.48. The fraction of sp³-hybridized carbons (Fsp3) is 0.545. The molecule has 6 atom stereocenters. The van der Waals surface area contributed by atoms with Gasteiger partial charge in [0.25, 0.3) is 0 Å². The Morgan fingerprint density at radius 2 is 1.92 bits per heavy atom. The summed E-state index contributed by atoms with van der Waals surface area (Å²) in [6, 6.07) is 9.12. The van der Waals surface area contributed by atoms with E-state index < -0.39 is 0 Å². The van der Waals surface area contributed by atoms with E-state index in [1.54, 1.807) is 12.1 Å². The first-order valence-corrected chi connectivity index (χ1v) is 9.56. The second-order valence-electron chi connectivity index (χ2n) is 8.43. The topological polar surface area (TPSA) is 52.6 Å². The summed E-state index contributed by atoms with van der Waals surface area (Å²) in [5, 5.41) is 0. The number of rotatable bonds is 2. The molecule has 0 radical (unpaired) electrons. The normalized spacial score (nSPS) is 38.9. The molecule has 2 aliphatic carbocycles. The molecule has 4 heteroatoms. The molecule has 0 aromatic heterocycles. The molecule has 3 aliphatic rings. The van der Waals surface area contributed by atoms with Crippen molar-refractivity contribution in [3.05, 3.63) is 48.0 Å². The van der Waals surface area contributed by atoms with Gasteiger partial charge >= 0.3 is 11.9 Å². The summed E-state index contributed by atoms with van der Waals surface area (Å²) in [6.07, 6.45) is 3.61. The van der Waals surface area contributed by atoms with E-state index in [0.717, 1.165) is 25.7 Å². The molecule has 4 nitrogen and oxygen atoms in total. The van der Waals surface area contributed by atoms with Crippen LogP contribution in [0.4, 0.5) is 0 Å². The molecule has 1 aromatic carbocycles. The number of carbonyl (C=O) groups excluding carboxylic acids is 2. The molecule has 4 rings (SSSR count). The third kappa shape index (κ3) is 2.67. The molecule has 3 fully saturated rings. The van der Waals surface area contributed by atoms with E-state index in [4.69, 9.17) is 9.47 Å². The van der Waals surface area contributed by atoms with Crippen LogP contribution in [0.15, 0.2) is 42.5 Å². The van der Waals surface area contributed by atoms with Gasteiger partial charge in [0.15, 0.2) is 0 Å². The lowest BCUT2D eigenvalue weighted by molar-refractivity contribution is -0.159. The highest BCUT2D eigenvalue weighted by Gasteiger charge is 2.58. The lowest BCUT2D eigenvalue weighted by Crippen LogP contribution is -2.53. The third-order valence-corrected chi connectivity index (χ3v) is 6.96. The minimum Gasteiger partial charge on any atom is -0.458 e. The molecule has 138 valence electrons. The Labute approximate surface area is 154 Å². The quantitative estimate of drug-likeness (QED) is 0.591. The van der Waals surface area contributed by atoms with Crippen LogP contribution < -0.4 is 0 Å². The second kappa shape index (κ2) is 6.26. The Hall–Kier alpha value is -2.10. The summed E-state index contributed by atoms with van der Waals surface area (Å²) in [5.74, 6) is -0.0580. The number of hydrogen-bond donors (Lipinski definition) is 0. The molecule has 1 saturated heterocycles. The van der Waals surface area contributed by atoms with Crippen LogP contribution in [0.2, 0.25) is 0 Å². The van der Waals surface area contributed by atoms with Gasteiger partial charge in [-0.1, -0.05) is 38.6 Å². The van der Waals surface area contributed by atoms with Crippen molar-refractivity contribution in [1.29, 1.82) is 0 Å². The predicted octanol–water partition coefficient (Wildman–Crippen LogP) is 4.16. The minimum atomic E-state index is -0.272. The highest BCUT2D eigenvalue weighted by Crippen LogP contribution is 2.58. The number of fused-ring (bicyclic) bond motifs is 3. The van der Waals surface area contributed by atoms with Gasteiger partial charge in [-0.05, 0) is 43.2 Å². The molecule has 1 aliphatic heterocycles. The van der Waals surface area contributed by atoms with Crippen LogP contribution in [0.1, 0.15) is 49.9 Å². The summed E-state index contributed by atoms with van der Waals surface area (Å²) in [5.41, 5.74) is 1.32. The van der Waals surface area contributed by atoms with E-state index in [9.17, 15) is 9.59 Å². The fourth-order valence-electron chi connectivity index (χ4n) is 5.48. The van der Waals surface area contributed by atoms with Crippen molar-refractivity contribution in [2.45, 2.75) is 51.7 Å². The molecule has 0 amide bonds. The maximum absolute atomic E-state index is 12.5. The lowest BCUT2D eigenvalue weighted by atomic mass is 9.53.